The first kappa shape index (κ1) is 15.3. The standard InChI is InChI=1S/C13H17N3O4S/c1-3-16-8-11(7-14-16)15-21(18,19)13-6-10(9-17)4-5-12(13)20-2/h4-8,15,17H,3,9H2,1-2H3. The Hall–Kier alpha value is -2.06. The lowest BCUT2D eigenvalue weighted by atomic mass is 10.2. The van der Waals surface area contributed by atoms with Gasteiger partial charge in [0.25, 0.3) is 10.0 Å². The molecule has 114 valence electrons. The quantitative estimate of drug-likeness (QED) is 0.836. The highest BCUT2D eigenvalue weighted by atomic mass is 32.2. The van der Waals surface area contributed by atoms with Crippen LogP contribution in [0.2, 0.25) is 0 Å². The van der Waals surface area contributed by atoms with E-state index in [1.807, 2.05) is 6.92 Å². The molecule has 1 aromatic carbocycles. The summed E-state index contributed by atoms with van der Waals surface area (Å²) in [6.07, 6.45) is 3.03. The maximum absolute atomic E-state index is 12.4. The Morgan fingerprint density at radius 1 is 1.43 bits per heavy atom. The SMILES string of the molecule is CCn1cc(NS(=O)(=O)c2cc(CO)ccc2OC)cn1. The molecule has 21 heavy (non-hydrogen) atoms. The van der Waals surface area contributed by atoms with Crippen LogP contribution in [0.1, 0.15) is 12.5 Å². The van der Waals surface area contributed by atoms with Crippen molar-refractivity contribution in [3.63, 3.8) is 0 Å². The number of rotatable bonds is 6. The van der Waals surface area contributed by atoms with Crippen LogP contribution >= 0.6 is 0 Å². The molecule has 0 saturated heterocycles. The predicted molar refractivity (Wildman–Crippen MR) is 77.6 cm³/mol. The molecule has 8 heteroatoms. The van der Waals surface area contributed by atoms with Gasteiger partial charge in [-0.1, -0.05) is 6.07 Å². The molecule has 0 amide bonds. The molecule has 0 bridgehead atoms. The number of nitrogens with one attached hydrogen (secondary N) is 1. The molecule has 0 aliphatic rings. The van der Waals surface area contributed by atoms with Crippen molar-refractivity contribution >= 4 is 15.7 Å². The molecule has 2 aromatic rings. The van der Waals surface area contributed by atoms with E-state index in [1.165, 1.54) is 25.4 Å². The maximum Gasteiger partial charge on any atom is 0.265 e. The smallest absolute Gasteiger partial charge is 0.265 e. The fraction of sp³-hybridized carbons (Fsp3) is 0.308. The first-order valence-electron chi connectivity index (χ1n) is 6.33. The van der Waals surface area contributed by atoms with E-state index in [0.29, 0.717) is 17.8 Å². The van der Waals surface area contributed by atoms with Crippen molar-refractivity contribution in [1.82, 2.24) is 9.78 Å². The van der Waals surface area contributed by atoms with Crippen LogP contribution in [0.15, 0.2) is 35.5 Å². The number of aliphatic hydroxyl groups excluding tert-OH is 1. The summed E-state index contributed by atoms with van der Waals surface area (Å²) in [5, 5.41) is 13.2. The minimum absolute atomic E-state index is 0.0270. The number of sulfonamides is 1. The Labute approximate surface area is 123 Å². The van der Waals surface area contributed by atoms with Crippen LogP contribution < -0.4 is 9.46 Å². The molecule has 0 radical (unpaired) electrons. The summed E-state index contributed by atoms with van der Waals surface area (Å²) in [6, 6.07) is 4.49. The topological polar surface area (TPSA) is 93.5 Å². The lowest BCUT2D eigenvalue weighted by Crippen LogP contribution is -2.14. The lowest BCUT2D eigenvalue weighted by Gasteiger charge is -2.11. The summed E-state index contributed by atoms with van der Waals surface area (Å²) in [5.41, 5.74) is 0.855. The molecule has 1 heterocycles. The van der Waals surface area contributed by atoms with Gasteiger partial charge in [0.15, 0.2) is 0 Å². The second-order valence-electron chi connectivity index (χ2n) is 4.33. The molecule has 2 rings (SSSR count). The zero-order valence-electron chi connectivity index (χ0n) is 11.8. The zero-order chi connectivity index (χ0) is 15.5. The van der Waals surface area contributed by atoms with Crippen LogP contribution in [-0.2, 0) is 23.2 Å². The number of hydrogen-bond donors (Lipinski definition) is 2. The molecule has 1 aromatic heterocycles. The second kappa shape index (κ2) is 6.15. The summed E-state index contributed by atoms with van der Waals surface area (Å²) < 4.78 is 34.0. The van der Waals surface area contributed by atoms with Crippen molar-refractivity contribution in [3.05, 3.63) is 36.2 Å². The summed E-state index contributed by atoms with van der Waals surface area (Å²) in [5.74, 6) is 0.211. The summed E-state index contributed by atoms with van der Waals surface area (Å²) >= 11 is 0. The van der Waals surface area contributed by atoms with Crippen molar-refractivity contribution in [2.75, 3.05) is 11.8 Å². The number of aromatic nitrogens is 2. The average Bonchev–Trinajstić information content (AvgIpc) is 2.93. The van der Waals surface area contributed by atoms with Gasteiger partial charge in [0.1, 0.15) is 10.6 Å². The third kappa shape index (κ3) is 3.34. The number of hydrogen-bond acceptors (Lipinski definition) is 5. The minimum atomic E-state index is -3.82. The maximum atomic E-state index is 12.4. The molecule has 0 unspecified atom stereocenters. The third-order valence-electron chi connectivity index (χ3n) is 2.91. The lowest BCUT2D eigenvalue weighted by molar-refractivity contribution is 0.281. The Morgan fingerprint density at radius 3 is 2.76 bits per heavy atom. The van der Waals surface area contributed by atoms with E-state index in [-0.39, 0.29) is 17.3 Å². The van der Waals surface area contributed by atoms with E-state index in [2.05, 4.69) is 9.82 Å². The second-order valence-corrected chi connectivity index (χ2v) is 5.98. The predicted octanol–water partition coefficient (Wildman–Crippen LogP) is 1.20. The number of anilines is 1. The van der Waals surface area contributed by atoms with Gasteiger partial charge in [0.05, 0.1) is 25.6 Å². The molecule has 7 nitrogen and oxygen atoms in total. The number of methoxy groups -OCH3 is 1. The molecule has 0 aliphatic carbocycles. The molecule has 0 spiro atoms. The van der Waals surface area contributed by atoms with Gasteiger partial charge in [0.2, 0.25) is 0 Å². The van der Waals surface area contributed by atoms with Crippen LogP contribution in [0.4, 0.5) is 5.69 Å². The molecule has 2 N–H and O–H groups in total. The van der Waals surface area contributed by atoms with Gasteiger partial charge in [0, 0.05) is 12.7 Å². The number of nitrogens with zero attached hydrogens (tertiary/aromatic N) is 2. The van der Waals surface area contributed by atoms with Crippen molar-refractivity contribution in [2.24, 2.45) is 0 Å². The molecule has 0 fully saturated rings. The monoisotopic (exact) mass is 311 g/mol. The highest BCUT2D eigenvalue weighted by Gasteiger charge is 2.20. The van der Waals surface area contributed by atoms with Crippen molar-refractivity contribution in [1.29, 1.82) is 0 Å². The van der Waals surface area contributed by atoms with Crippen molar-refractivity contribution < 1.29 is 18.3 Å². The van der Waals surface area contributed by atoms with Gasteiger partial charge >= 0.3 is 0 Å². The van der Waals surface area contributed by atoms with E-state index in [9.17, 15) is 8.42 Å². The zero-order valence-corrected chi connectivity index (χ0v) is 12.6. The first-order valence-corrected chi connectivity index (χ1v) is 7.81. The Balaban J connectivity index is 2.38. The van der Waals surface area contributed by atoms with Gasteiger partial charge in [-0.2, -0.15) is 5.10 Å². The first-order chi connectivity index (χ1) is 10.00. The highest BCUT2D eigenvalue weighted by Crippen LogP contribution is 2.26. The summed E-state index contributed by atoms with van der Waals surface area (Å²) in [4.78, 5) is -0.0270. The van der Waals surface area contributed by atoms with E-state index in [1.54, 1.807) is 16.9 Å². The fourth-order valence-electron chi connectivity index (χ4n) is 1.83. The van der Waals surface area contributed by atoms with Gasteiger partial charge in [-0.15, -0.1) is 0 Å². The number of aliphatic hydroxyl groups is 1. The number of aryl methyl sites for hydroxylation is 1. The largest absolute Gasteiger partial charge is 0.495 e. The third-order valence-corrected chi connectivity index (χ3v) is 4.31. The fourth-order valence-corrected chi connectivity index (χ4v) is 3.08. The minimum Gasteiger partial charge on any atom is -0.495 e. The van der Waals surface area contributed by atoms with Gasteiger partial charge in [-0.3, -0.25) is 9.40 Å². The number of benzene rings is 1. The van der Waals surface area contributed by atoms with Gasteiger partial charge < -0.3 is 9.84 Å². The summed E-state index contributed by atoms with van der Waals surface area (Å²) in [7, 11) is -2.43. The highest BCUT2D eigenvalue weighted by molar-refractivity contribution is 7.92. The molecule has 0 atom stereocenters. The van der Waals surface area contributed by atoms with Crippen LogP contribution in [-0.4, -0.2) is 30.4 Å². The van der Waals surface area contributed by atoms with Crippen LogP contribution in [0.3, 0.4) is 0 Å². The Kier molecular flexibility index (Phi) is 4.49. The van der Waals surface area contributed by atoms with Crippen LogP contribution in [0, 0.1) is 0 Å². The van der Waals surface area contributed by atoms with E-state index >= 15 is 0 Å². The van der Waals surface area contributed by atoms with Crippen LogP contribution in [0.5, 0.6) is 5.75 Å². The molecular formula is C13H17N3O4S. The Bertz CT molecular complexity index is 725. The normalized spacial score (nSPS) is 11.4. The van der Waals surface area contributed by atoms with Gasteiger partial charge in [-0.05, 0) is 24.6 Å². The van der Waals surface area contributed by atoms with E-state index in [4.69, 9.17) is 9.84 Å². The Morgan fingerprint density at radius 2 is 2.19 bits per heavy atom. The molecule has 0 saturated carbocycles. The van der Waals surface area contributed by atoms with Crippen molar-refractivity contribution in [2.45, 2.75) is 25.0 Å². The van der Waals surface area contributed by atoms with E-state index < -0.39 is 10.0 Å². The summed E-state index contributed by atoms with van der Waals surface area (Å²) in [6.45, 7) is 2.30. The molecular weight excluding hydrogens is 294 g/mol. The van der Waals surface area contributed by atoms with Crippen LogP contribution in [0.25, 0.3) is 0 Å². The van der Waals surface area contributed by atoms with Crippen molar-refractivity contribution in [3.8, 4) is 5.75 Å². The average molecular weight is 311 g/mol. The molecule has 0 aliphatic heterocycles. The number of ether oxygens (including phenoxy) is 1. The van der Waals surface area contributed by atoms with E-state index in [0.717, 1.165) is 0 Å². The van der Waals surface area contributed by atoms with Gasteiger partial charge in [-0.25, -0.2) is 8.42 Å².